The molecule has 154 valence electrons. The Hall–Kier alpha value is -3.65. The molecule has 1 amide bonds. The van der Waals surface area contributed by atoms with Crippen LogP contribution in [0.25, 0.3) is 11.5 Å². The molecule has 0 saturated heterocycles. The predicted molar refractivity (Wildman–Crippen MR) is 108 cm³/mol. The number of nitrogens with one attached hydrogen (secondary N) is 3. The highest BCUT2D eigenvalue weighted by atomic mass is 19.1. The first-order chi connectivity index (χ1) is 14.7. The van der Waals surface area contributed by atoms with Gasteiger partial charge in [-0.05, 0) is 55.2 Å². The number of allylic oxidation sites excluding steroid dienone is 3. The van der Waals surface area contributed by atoms with E-state index in [9.17, 15) is 9.18 Å². The molecule has 0 atom stereocenters. The van der Waals surface area contributed by atoms with Gasteiger partial charge in [0.2, 0.25) is 5.76 Å². The van der Waals surface area contributed by atoms with Crippen molar-refractivity contribution in [1.82, 2.24) is 21.3 Å². The molecule has 0 bridgehead atoms. The number of halogens is 1. The van der Waals surface area contributed by atoms with E-state index in [-0.39, 0.29) is 17.4 Å². The standard InChI is InChI=1S/C22H21FN4O3/c23-16-10-8-15(9-11-16)14-24-26-18-6-3-1-2-5-17(18)25-22(28)19-13-21(30-27-19)20-7-4-12-29-20/h2,4-5,7-13,24,26H,1,3,6,14H2,(H,25,28). The van der Waals surface area contributed by atoms with Crippen molar-refractivity contribution in [3.8, 4) is 11.5 Å². The van der Waals surface area contributed by atoms with Gasteiger partial charge in [-0.15, -0.1) is 0 Å². The number of furan rings is 1. The first kappa shape index (κ1) is 19.7. The van der Waals surface area contributed by atoms with Crippen molar-refractivity contribution in [2.24, 2.45) is 0 Å². The van der Waals surface area contributed by atoms with E-state index in [4.69, 9.17) is 8.94 Å². The van der Waals surface area contributed by atoms with Crippen LogP contribution in [-0.2, 0) is 6.54 Å². The maximum atomic E-state index is 13.0. The monoisotopic (exact) mass is 408 g/mol. The van der Waals surface area contributed by atoms with Crippen molar-refractivity contribution in [2.45, 2.75) is 25.8 Å². The van der Waals surface area contributed by atoms with Crippen LogP contribution >= 0.6 is 0 Å². The number of aromatic nitrogens is 1. The average Bonchev–Trinajstić information content (AvgIpc) is 3.41. The topological polar surface area (TPSA) is 92.3 Å². The Kier molecular flexibility index (Phi) is 6.05. The first-order valence-electron chi connectivity index (χ1n) is 9.64. The van der Waals surface area contributed by atoms with Gasteiger partial charge >= 0.3 is 0 Å². The van der Waals surface area contributed by atoms with E-state index in [0.717, 1.165) is 30.5 Å². The predicted octanol–water partition coefficient (Wildman–Crippen LogP) is 4.05. The van der Waals surface area contributed by atoms with Gasteiger partial charge in [-0.3, -0.25) is 4.79 Å². The number of amides is 1. The molecular weight excluding hydrogens is 387 g/mol. The van der Waals surface area contributed by atoms with E-state index in [0.29, 0.717) is 23.8 Å². The minimum Gasteiger partial charge on any atom is -0.461 e. The summed E-state index contributed by atoms with van der Waals surface area (Å²) in [7, 11) is 0. The lowest BCUT2D eigenvalue weighted by molar-refractivity contribution is 0.0957. The van der Waals surface area contributed by atoms with Crippen molar-refractivity contribution in [2.75, 3.05) is 0 Å². The molecule has 0 saturated carbocycles. The summed E-state index contributed by atoms with van der Waals surface area (Å²) in [5, 5.41) is 6.72. The van der Waals surface area contributed by atoms with Crippen molar-refractivity contribution < 1.29 is 18.1 Å². The number of hydrogen-bond donors (Lipinski definition) is 3. The molecule has 0 radical (unpaired) electrons. The highest BCUT2D eigenvalue weighted by Gasteiger charge is 2.17. The van der Waals surface area contributed by atoms with Gasteiger partial charge in [-0.25, -0.2) is 9.82 Å². The van der Waals surface area contributed by atoms with Gasteiger partial charge in [0.1, 0.15) is 5.82 Å². The van der Waals surface area contributed by atoms with Gasteiger partial charge in [0, 0.05) is 18.3 Å². The minimum absolute atomic E-state index is 0.158. The summed E-state index contributed by atoms with van der Waals surface area (Å²) in [6, 6.07) is 11.3. The normalized spacial score (nSPS) is 13.9. The van der Waals surface area contributed by atoms with Gasteiger partial charge in [-0.1, -0.05) is 23.4 Å². The van der Waals surface area contributed by atoms with Crippen LogP contribution < -0.4 is 16.2 Å². The van der Waals surface area contributed by atoms with Crippen LogP contribution in [-0.4, -0.2) is 11.1 Å². The van der Waals surface area contributed by atoms with Crippen molar-refractivity contribution >= 4 is 5.91 Å². The van der Waals surface area contributed by atoms with Crippen LogP contribution in [0.4, 0.5) is 4.39 Å². The molecule has 4 rings (SSSR count). The molecule has 0 aliphatic heterocycles. The zero-order valence-electron chi connectivity index (χ0n) is 16.2. The Balaban J connectivity index is 1.42. The van der Waals surface area contributed by atoms with E-state index in [1.165, 1.54) is 24.5 Å². The number of carbonyl (C=O) groups excluding carboxylic acids is 1. The third kappa shape index (κ3) is 4.84. The molecule has 0 unspecified atom stereocenters. The van der Waals surface area contributed by atoms with Crippen molar-refractivity contribution in [3.63, 3.8) is 0 Å². The zero-order valence-corrected chi connectivity index (χ0v) is 16.2. The summed E-state index contributed by atoms with van der Waals surface area (Å²) in [4.78, 5) is 12.7. The van der Waals surface area contributed by atoms with Crippen LogP contribution in [0.2, 0.25) is 0 Å². The van der Waals surface area contributed by atoms with Crippen LogP contribution in [0, 0.1) is 5.82 Å². The zero-order chi connectivity index (χ0) is 20.8. The number of benzene rings is 1. The number of hydrazine groups is 1. The van der Waals surface area contributed by atoms with Crippen LogP contribution in [0.3, 0.4) is 0 Å². The molecule has 0 fully saturated rings. The number of nitrogens with zero attached hydrogens (tertiary/aromatic N) is 1. The molecule has 30 heavy (non-hydrogen) atoms. The molecule has 1 aliphatic rings. The van der Waals surface area contributed by atoms with Gasteiger partial charge in [0.15, 0.2) is 11.5 Å². The fourth-order valence-corrected chi connectivity index (χ4v) is 3.04. The Bertz CT molecular complexity index is 1050. The average molecular weight is 408 g/mol. The molecule has 8 heteroatoms. The van der Waals surface area contributed by atoms with E-state index >= 15 is 0 Å². The molecule has 3 aromatic rings. The van der Waals surface area contributed by atoms with E-state index in [2.05, 4.69) is 21.3 Å². The second-order valence-electron chi connectivity index (χ2n) is 6.80. The highest BCUT2D eigenvalue weighted by Crippen LogP contribution is 2.21. The SMILES string of the molecule is O=C(NC1=C(NNCc2ccc(F)cc2)CCCC=C1)c1cc(-c2ccco2)on1. The smallest absolute Gasteiger partial charge is 0.277 e. The third-order valence-corrected chi connectivity index (χ3v) is 4.61. The fourth-order valence-electron chi connectivity index (χ4n) is 3.04. The van der Waals surface area contributed by atoms with Crippen molar-refractivity contribution in [1.29, 1.82) is 0 Å². The maximum Gasteiger partial charge on any atom is 0.277 e. The van der Waals surface area contributed by atoms with Crippen LogP contribution in [0.5, 0.6) is 0 Å². The van der Waals surface area contributed by atoms with Crippen molar-refractivity contribution in [3.05, 3.63) is 89.3 Å². The number of rotatable bonds is 7. The highest BCUT2D eigenvalue weighted by molar-refractivity contribution is 5.94. The molecule has 0 spiro atoms. The summed E-state index contributed by atoms with van der Waals surface area (Å²) >= 11 is 0. The Morgan fingerprint density at radius 1 is 1.17 bits per heavy atom. The Morgan fingerprint density at radius 3 is 2.83 bits per heavy atom. The number of carbonyl (C=O) groups is 1. The molecule has 7 nitrogen and oxygen atoms in total. The largest absolute Gasteiger partial charge is 0.461 e. The third-order valence-electron chi connectivity index (χ3n) is 4.61. The van der Waals surface area contributed by atoms with Gasteiger partial charge < -0.3 is 19.7 Å². The molecule has 1 aromatic carbocycles. The molecular formula is C22H21FN4O3. The molecule has 3 N–H and O–H groups in total. The lowest BCUT2D eigenvalue weighted by atomic mass is 10.2. The maximum absolute atomic E-state index is 13.0. The van der Waals surface area contributed by atoms with Crippen LogP contribution in [0.1, 0.15) is 35.3 Å². The van der Waals surface area contributed by atoms with E-state index in [1.54, 1.807) is 24.3 Å². The quantitative estimate of drug-likeness (QED) is 0.511. The Morgan fingerprint density at radius 2 is 2.03 bits per heavy atom. The summed E-state index contributed by atoms with van der Waals surface area (Å²) in [6.45, 7) is 0.504. The van der Waals surface area contributed by atoms with Gasteiger partial charge in [0.05, 0.1) is 12.0 Å². The summed E-state index contributed by atoms with van der Waals surface area (Å²) < 4.78 is 23.5. The van der Waals surface area contributed by atoms with E-state index < -0.39 is 0 Å². The van der Waals surface area contributed by atoms with Crippen LogP contribution in [0.15, 0.2) is 81.2 Å². The molecule has 2 aromatic heterocycles. The second kappa shape index (κ2) is 9.23. The van der Waals surface area contributed by atoms with E-state index in [1.807, 2.05) is 12.2 Å². The van der Waals surface area contributed by atoms with Gasteiger partial charge in [-0.2, -0.15) is 0 Å². The molecule has 2 heterocycles. The number of hydrogen-bond acceptors (Lipinski definition) is 6. The lowest BCUT2D eigenvalue weighted by Gasteiger charge is -2.15. The molecule has 1 aliphatic carbocycles. The second-order valence-corrected chi connectivity index (χ2v) is 6.80. The minimum atomic E-state index is -0.379. The fraction of sp³-hybridized carbons (Fsp3) is 0.182. The Labute approximate surface area is 172 Å². The van der Waals surface area contributed by atoms with Gasteiger partial charge in [0.25, 0.3) is 5.91 Å². The summed E-state index contributed by atoms with van der Waals surface area (Å²) in [5.74, 6) is 0.240. The first-order valence-corrected chi connectivity index (χ1v) is 9.64. The lowest BCUT2D eigenvalue weighted by Crippen LogP contribution is -2.34. The summed E-state index contributed by atoms with van der Waals surface area (Å²) in [6.07, 6.45) is 8.03. The summed E-state index contributed by atoms with van der Waals surface area (Å²) in [5.41, 5.74) is 8.90.